The topological polar surface area (TPSA) is 75.6 Å². The third-order valence-corrected chi connectivity index (χ3v) is 5.92. The zero-order chi connectivity index (χ0) is 17.3. The van der Waals surface area contributed by atoms with Gasteiger partial charge in [0.15, 0.2) is 5.60 Å². The Balaban J connectivity index is 2.24. The quantitative estimate of drug-likeness (QED) is 0.382. The number of alkyl halides is 1. The summed E-state index contributed by atoms with van der Waals surface area (Å²) < 4.78 is 5.39. The minimum absolute atomic E-state index is 0.0382. The summed E-state index contributed by atoms with van der Waals surface area (Å²) in [6.45, 7) is 5.88. The first-order valence-corrected chi connectivity index (χ1v) is 9.21. The van der Waals surface area contributed by atoms with Gasteiger partial charge >= 0.3 is 5.97 Å². The highest BCUT2D eigenvalue weighted by Crippen LogP contribution is 2.53. The van der Waals surface area contributed by atoms with Crippen LogP contribution in [0.3, 0.4) is 0 Å². The van der Waals surface area contributed by atoms with Crippen molar-refractivity contribution >= 4 is 23.5 Å². The number of carbonyl (C=O) groups excluding carboxylic acids is 2. The molecule has 5 atom stereocenters. The smallest absolute Gasteiger partial charge is 0.339 e. The van der Waals surface area contributed by atoms with Crippen molar-refractivity contribution in [3.8, 4) is 0 Å². The summed E-state index contributed by atoms with van der Waals surface area (Å²) in [5, 5.41) is 13.8. The van der Waals surface area contributed by atoms with E-state index in [-0.39, 0.29) is 11.8 Å². The fourth-order valence-electron chi connectivity index (χ4n) is 4.16. The average molecular weight is 346 g/mol. The number of hydrogen-bond donors (Lipinski definition) is 2. The molecule has 1 unspecified atom stereocenters. The molecule has 0 spiro atoms. The van der Waals surface area contributed by atoms with Crippen LogP contribution < -0.4 is 5.32 Å². The molecular formula is C17H28ClNO4. The van der Waals surface area contributed by atoms with Crippen molar-refractivity contribution < 1.29 is 19.4 Å². The van der Waals surface area contributed by atoms with E-state index in [1.54, 1.807) is 6.92 Å². The lowest BCUT2D eigenvalue weighted by Crippen LogP contribution is -2.80. The van der Waals surface area contributed by atoms with Gasteiger partial charge in [-0.2, -0.15) is 0 Å². The van der Waals surface area contributed by atoms with Gasteiger partial charge in [0.2, 0.25) is 11.4 Å². The Morgan fingerprint density at radius 1 is 1.35 bits per heavy atom. The predicted molar refractivity (Wildman–Crippen MR) is 88.1 cm³/mol. The molecule has 23 heavy (non-hydrogen) atoms. The second-order valence-corrected chi connectivity index (χ2v) is 7.31. The highest BCUT2D eigenvalue weighted by molar-refractivity contribution is 6.18. The van der Waals surface area contributed by atoms with Gasteiger partial charge < -0.3 is 15.2 Å². The van der Waals surface area contributed by atoms with Crippen molar-refractivity contribution in [2.75, 3.05) is 5.88 Å². The number of amides is 1. The molecule has 0 aliphatic carbocycles. The van der Waals surface area contributed by atoms with Crippen LogP contribution in [-0.2, 0) is 14.3 Å². The molecule has 132 valence electrons. The van der Waals surface area contributed by atoms with Crippen LogP contribution in [0.25, 0.3) is 0 Å². The lowest BCUT2D eigenvalue weighted by molar-refractivity contribution is -0.239. The second kappa shape index (κ2) is 6.98. The van der Waals surface area contributed by atoms with E-state index in [4.69, 9.17) is 16.3 Å². The molecule has 1 amide bonds. The number of carbonyl (C=O) groups is 2. The molecule has 2 fully saturated rings. The van der Waals surface area contributed by atoms with Crippen LogP contribution in [0, 0.1) is 11.8 Å². The van der Waals surface area contributed by atoms with Crippen LogP contribution >= 0.6 is 11.6 Å². The normalized spacial score (nSPS) is 35.1. The van der Waals surface area contributed by atoms with Gasteiger partial charge in [-0.15, -0.1) is 11.6 Å². The number of aliphatic hydroxyl groups excluding tert-OH is 1. The number of ether oxygens (including phenoxy) is 1. The maximum absolute atomic E-state index is 12.3. The zero-order valence-electron chi connectivity index (χ0n) is 14.2. The third-order valence-electron chi connectivity index (χ3n) is 5.70. The molecule has 0 saturated carbocycles. The van der Waals surface area contributed by atoms with Crippen LogP contribution in [0.4, 0.5) is 0 Å². The van der Waals surface area contributed by atoms with Crippen LogP contribution in [0.2, 0.25) is 0 Å². The molecule has 2 rings (SSSR count). The summed E-state index contributed by atoms with van der Waals surface area (Å²) in [6.07, 6.45) is 4.30. The van der Waals surface area contributed by atoms with Gasteiger partial charge in [0.25, 0.3) is 0 Å². The Morgan fingerprint density at radius 2 is 2.04 bits per heavy atom. The molecule has 0 aromatic carbocycles. The van der Waals surface area contributed by atoms with Gasteiger partial charge in [0.1, 0.15) is 0 Å². The van der Waals surface area contributed by atoms with Crippen LogP contribution in [0.15, 0.2) is 0 Å². The largest absolute Gasteiger partial charge is 0.453 e. The van der Waals surface area contributed by atoms with Crippen LogP contribution in [0.5, 0.6) is 0 Å². The fourth-order valence-corrected chi connectivity index (χ4v) is 4.38. The molecule has 0 bridgehead atoms. The number of aliphatic hydroxyl groups is 1. The predicted octanol–water partition coefficient (Wildman–Crippen LogP) is 2.38. The van der Waals surface area contributed by atoms with E-state index >= 15 is 0 Å². The van der Waals surface area contributed by atoms with Crippen molar-refractivity contribution in [3.05, 3.63) is 0 Å². The zero-order valence-corrected chi connectivity index (χ0v) is 15.0. The minimum atomic E-state index is -1.31. The number of esters is 1. The van der Waals surface area contributed by atoms with E-state index in [1.165, 1.54) is 0 Å². The molecule has 2 aliphatic rings. The summed E-state index contributed by atoms with van der Waals surface area (Å²) in [7, 11) is 0. The summed E-state index contributed by atoms with van der Waals surface area (Å²) in [5.41, 5.74) is -2.32. The summed E-state index contributed by atoms with van der Waals surface area (Å²) in [6, 6.07) is 0. The van der Waals surface area contributed by atoms with Gasteiger partial charge in [-0.3, -0.25) is 4.79 Å². The van der Waals surface area contributed by atoms with E-state index in [9.17, 15) is 14.7 Å². The molecular weight excluding hydrogens is 318 g/mol. The number of unbranched alkanes of at least 4 members (excludes halogenated alkanes) is 2. The van der Waals surface area contributed by atoms with E-state index in [2.05, 4.69) is 12.2 Å². The standard InChI is InChI=1S/C17H28ClNO4/c1-4-6-7-8-11(5-2)13(20)17-15(22)23-16(17,3)12(9-10-18)14(21)19-17/h11-13,20H,4-10H2,1-3H3,(H,19,21)/t11-,12?,13-,16+,17+/m1/s1. The monoisotopic (exact) mass is 345 g/mol. The lowest BCUT2D eigenvalue weighted by atomic mass is 9.64. The number of halogens is 1. The summed E-state index contributed by atoms with van der Waals surface area (Å²) in [5.74, 6) is -0.997. The van der Waals surface area contributed by atoms with Gasteiger partial charge in [-0.05, 0) is 25.7 Å². The van der Waals surface area contributed by atoms with Gasteiger partial charge in [-0.1, -0.05) is 39.5 Å². The third kappa shape index (κ3) is 2.66. The van der Waals surface area contributed by atoms with Crippen LogP contribution in [0.1, 0.15) is 59.3 Å². The molecule has 2 heterocycles. The van der Waals surface area contributed by atoms with Crippen LogP contribution in [-0.4, -0.2) is 40.1 Å². The van der Waals surface area contributed by atoms with E-state index in [0.29, 0.717) is 12.3 Å². The Hall–Kier alpha value is -0.810. The highest BCUT2D eigenvalue weighted by atomic mass is 35.5. The molecule has 2 N–H and O–H groups in total. The van der Waals surface area contributed by atoms with Gasteiger partial charge in [0, 0.05) is 5.88 Å². The van der Waals surface area contributed by atoms with Gasteiger partial charge in [0.05, 0.1) is 12.0 Å². The first kappa shape index (κ1) is 18.5. The molecule has 0 aromatic rings. The van der Waals surface area contributed by atoms with E-state index < -0.39 is 29.1 Å². The molecule has 0 radical (unpaired) electrons. The molecule has 0 aromatic heterocycles. The SMILES string of the molecule is CCCCC[C@@H](CC)[C@@H](O)[C@@]12NC(=O)C(CCCl)[C@]1(C)OC2=O. The Bertz CT molecular complexity index is 472. The maximum Gasteiger partial charge on any atom is 0.339 e. The highest BCUT2D eigenvalue weighted by Gasteiger charge is 2.79. The Labute approximate surface area is 143 Å². The first-order chi connectivity index (χ1) is 10.9. The molecule has 2 saturated heterocycles. The van der Waals surface area contributed by atoms with Gasteiger partial charge in [-0.25, -0.2) is 4.79 Å². The fraction of sp³-hybridized carbons (Fsp3) is 0.882. The maximum atomic E-state index is 12.3. The molecule has 2 aliphatic heterocycles. The number of rotatable bonds is 9. The summed E-state index contributed by atoms with van der Waals surface area (Å²) in [4.78, 5) is 24.6. The average Bonchev–Trinajstić information content (AvgIpc) is 2.69. The summed E-state index contributed by atoms with van der Waals surface area (Å²) >= 11 is 5.80. The Kier molecular flexibility index (Phi) is 5.62. The molecule has 5 nitrogen and oxygen atoms in total. The van der Waals surface area contributed by atoms with E-state index in [0.717, 1.165) is 32.1 Å². The number of hydrogen-bond acceptors (Lipinski definition) is 4. The first-order valence-electron chi connectivity index (χ1n) is 8.68. The van der Waals surface area contributed by atoms with Crippen molar-refractivity contribution in [2.45, 2.75) is 76.5 Å². The second-order valence-electron chi connectivity index (χ2n) is 6.93. The van der Waals surface area contributed by atoms with E-state index in [1.807, 2.05) is 6.92 Å². The number of fused-ring (bicyclic) bond motifs is 1. The van der Waals surface area contributed by atoms with Crippen molar-refractivity contribution in [2.24, 2.45) is 11.8 Å². The number of nitrogens with one attached hydrogen (secondary N) is 1. The van der Waals surface area contributed by atoms with Crippen molar-refractivity contribution in [3.63, 3.8) is 0 Å². The van der Waals surface area contributed by atoms with Crippen molar-refractivity contribution in [1.29, 1.82) is 0 Å². The minimum Gasteiger partial charge on any atom is -0.453 e. The van der Waals surface area contributed by atoms with Crippen molar-refractivity contribution in [1.82, 2.24) is 5.32 Å². The Morgan fingerprint density at radius 3 is 2.57 bits per heavy atom. The molecule has 6 heteroatoms. The lowest BCUT2D eigenvalue weighted by Gasteiger charge is -2.54.